The van der Waals surface area contributed by atoms with E-state index >= 15 is 0 Å². The third-order valence-corrected chi connectivity index (χ3v) is 3.50. The van der Waals surface area contributed by atoms with Crippen molar-refractivity contribution in [3.8, 4) is 5.75 Å². The first kappa shape index (κ1) is 13.2. The Labute approximate surface area is 121 Å². The first-order valence-electron chi connectivity index (χ1n) is 6.54. The van der Waals surface area contributed by atoms with Crippen LogP contribution in [0, 0.1) is 10.1 Å². The van der Waals surface area contributed by atoms with E-state index in [0.717, 1.165) is 22.2 Å². The summed E-state index contributed by atoms with van der Waals surface area (Å²) in [6.45, 7) is 0.658. The fraction of sp³-hybridized carbons (Fsp3) is 0.125. The smallest absolute Gasteiger partial charge is 0.270 e. The standard InChI is InChI=1S/C16H14N2O3/c1-21-16-5-3-2-4-13(16)11-17-9-8-12-10-14(18(19)20)6-7-15(12)17/h2-10H,11H2,1H3. The molecule has 0 radical (unpaired) electrons. The zero-order chi connectivity index (χ0) is 14.8. The molecule has 0 saturated heterocycles. The Morgan fingerprint density at radius 2 is 2.00 bits per heavy atom. The quantitative estimate of drug-likeness (QED) is 0.542. The highest BCUT2D eigenvalue weighted by Crippen LogP contribution is 2.25. The summed E-state index contributed by atoms with van der Waals surface area (Å²) in [7, 11) is 1.65. The predicted octanol–water partition coefficient (Wildman–Crippen LogP) is 3.61. The van der Waals surface area contributed by atoms with Gasteiger partial charge in [0.25, 0.3) is 5.69 Å². The Hall–Kier alpha value is -2.82. The highest BCUT2D eigenvalue weighted by atomic mass is 16.6. The maximum atomic E-state index is 10.8. The number of non-ortho nitro benzene ring substituents is 1. The Morgan fingerprint density at radius 3 is 2.76 bits per heavy atom. The highest BCUT2D eigenvalue weighted by molar-refractivity contribution is 5.82. The summed E-state index contributed by atoms with van der Waals surface area (Å²) in [4.78, 5) is 10.4. The zero-order valence-corrected chi connectivity index (χ0v) is 11.5. The molecule has 106 valence electrons. The van der Waals surface area contributed by atoms with E-state index in [1.807, 2.05) is 36.5 Å². The monoisotopic (exact) mass is 282 g/mol. The van der Waals surface area contributed by atoms with Crippen LogP contribution in [-0.4, -0.2) is 16.6 Å². The van der Waals surface area contributed by atoms with Gasteiger partial charge in [-0.3, -0.25) is 10.1 Å². The third kappa shape index (κ3) is 2.45. The van der Waals surface area contributed by atoms with Crippen LogP contribution in [0.2, 0.25) is 0 Å². The van der Waals surface area contributed by atoms with E-state index in [1.54, 1.807) is 19.2 Å². The lowest BCUT2D eigenvalue weighted by Gasteiger charge is -2.10. The number of nitro benzene ring substituents is 1. The summed E-state index contributed by atoms with van der Waals surface area (Å²) in [5.74, 6) is 0.835. The van der Waals surface area contributed by atoms with Crippen LogP contribution in [0.4, 0.5) is 5.69 Å². The van der Waals surface area contributed by atoms with Crippen molar-refractivity contribution in [3.05, 3.63) is 70.4 Å². The average molecular weight is 282 g/mol. The molecule has 21 heavy (non-hydrogen) atoms. The highest BCUT2D eigenvalue weighted by Gasteiger charge is 2.10. The molecule has 1 heterocycles. The summed E-state index contributed by atoms with van der Waals surface area (Å²) in [6, 6.07) is 14.6. The van der Waals surface area contributed by atoms with Crippen LogP contribution in [0.1, 0.15) is 5.56 Å². The molecule has 0 fully saturated rings. The van der Waals surface area contributed by atoms with Crippen LogP contribution in [-0.2, 0) is 6.54 Å². The first-order valence-corrected chi connectivity index (χ1v) is 6.54. The van der Waals surface area contributed by atoms with Crippen LogP contribution in [0.15, 0.2) is 54.7 Å². The van der Waals surface area contributed by atoms with Crippen molar-refractivity contribution in [3.63, 3.8) is 0 Å². The molecule has 0 aliphatic carbocycles. The molecule has 0 unspecified atom stereocenters. The summed E-state index contributed by atoms with van der Waals surface area (Å²) < 4.78 is 7.41. The SMILES string of the molecule is COc1ccccc1Cn1ccc2cc([N+](=O)[O-])ccc21. The fourth-order valence-electron chi connectivity index (χ4n) is 2.46. The van der Waals surface area contributed by atoms with E-state index in [1.165, 1.54) is 6.07 Å². The van der Waals surface area contributed by atoms with Gasteiger partial charge in [-0.05, 0) is 18.2 Å². The number of benzene rings is 2. The van der Waals surface area contributed by atoms with Crippen LogP contribution in [0.5, 0.6) is 5.75 Å². The normalized spacial score (nSPS) is 10.7. The molecule has 0 aliphatic heterocycles. The van der Waals surface area contributed by atoms with Gasteiger partial charge in [0.2, 0.25) is 0 Å². The van der Waals surface area contributed by atoms with Gasteiger partial charge in [0.15, 0.2) is 0 Å². The van der Waals surface area contributed by atoms with Crippen molar-refractivity contribution >= 4 is 16.6 Å². The molecule has 0 saturated carbocycles. The van der Waals surface area contributed by atoms with E-state index in [2.05, 4.69) is 4.57 Å². The Morgan fingerprint density at radius 1 is 1.19 bits per heavy atom. The van der Waals surface area contributed by atoms with Crippen LogP contribution < -0.4 is 4.74 Å². The Kier molecular flexibility index (Phi) is 3.31. The van der Waals surface area contributed by atoms with Crippen molar-refractivity contribution < 1.29 is 9.66 Å². The minimum absolute atomic E-state index is 0.109. The molecule has 5 nitrogen and oxygen atoms in total. The maximum absolute atomic E-state index is 10.8. The molecule has 0 aliphatic rings. The topological polar surface area (TPSA) is 57.3 Å². The summed E-state index contributed by atoms with van der Waals surface area (Å²) in [5.41, 5.74) is 2.14. The Balaban J connectivity index is 2.00. The molecular formula is C16H14N2O3. The van der Waals surface area contributed by atoms with Gasteiger partial charge in [-0.1, -0.05) is 18.2 Å². The van der Waals surface area contributed by atoms with Gasteiger partial charge in [-0.2, -0.15) is 0 Å². The lowest BCUT2D eigenvalue weighted by molar-refractivity contribution is -0.384. The largest absolute Gasteiger partial charge is 0.496 e. The molecule has 1 aromatic heterocycles. The van der Waals surface area contributed by atoms with Crippen LogP contribution in [0.25, 0.3) is 10.9 Å². The number of nitrogens with zero attached hydrogens (tertiary/aromatic N) is 2. The molecule has 0 amide bonds. The molecule has 3 aromatic rings. The number of aromatic nitrogens is 1. The number of rotatable bonds is 4. The number of ether oxygens (including phenoxy) is 1. The predicted molar refractivity (Wildman–Crippen MR) is 80.7 cm³/mol. The minimum atomic E-state index is -0.378. The molecule has 0 bridgehead atoms. The molecule has 5 heteroatoms. The second-order valence-electron chi connectivity index (χ2n) is 4.76. The fourth-order valence-corrected chi connectivity index (χ4v) is 2.46. The van der Waals surface area contributed by atoms with Gasteiger partial charge >= 0.3 is 0 Å². The minimum Gasteiger partial charge on any atom is -0.496 e. The number of methoxy groups -OCH3 is 1. The van der Waals surface area contributed by atoms with E-state index in [4.69, 9.17) is 4.74 Å². The summed E-state index contributed by atoms with van der Waals surface area (Å²) in [5, 5.41) is 11.7. The van der Waals surface area contributed by atoms with Crippen molar-refractivity contribution in [2.45, 2.75) is 6.54 Å². The second-order valence-corrected chi connectivity index (χ2v) is 4.76. The lowest BCUT2D eigenvalue weighted by atomic mass is 10.2. The maximum Gasteiger partial charge on any atom is 0.270 e. The number of nitro groups is 1. The summed E-state index contributed by atoms with van der Waals surface area (Å²) in [6.07, 6.45) is 1.93. The van der Waals surface area contributed by atoms with E-state index in [-0.39, 0.29) is 10.6 Å². The molecule has 2 aromatic carbocycles. The number of hydrogen-bond acceptors (Lipinski definition) is 3. The summed E-state index contributed by atoms with van der Waals surface area (Å²) >= 11 is 0. The zero-order valence-electron chi connectivity index (χ0n) is 11.5. The van der Waals surface area contributed by atoms with Gasteiger partial charge in [-0.15, -0.1) is 0 Å². The number of hydrogen-bond donors (Lipinski definition) is 0. The second kappa shape index (κ2) is 5.28. The number of para-hydroxylation sites is 1. The van der Waals surface area contributed by atoms with Gasteiger partial charge in [0.05, 0.1) is 18.6 Å². The van der Waals surface area contributed by atoms with E-state index in [9.17, 15) is 10.1 Å². The van der Waals surface area contributed by atoms with Gasteiger partial charge < -0.3 is 9.30 Å². The Bertz CT molecular complexity index is 808. The molecule has 3 rings (SSSR count). The molecule has 0 atom stereocenters. The van der Waals surface area contributed by atoms with Crippen LogP contribution >= 0.6 is 0 Å². The van der Waals surface area contributed by atoms with Crippen LogP contribution in [0.3, 0.4) is 0 Å². The number of fused-ring (bicyclic) bond motifs is 1. The van der Waals surface area contributed by atoms with Crippen molar-refractivity contribution in [2.24, 2.45) is 0 Å². The first-order chi connectivity index (χ1) is 10.2. The van der Waals surface area contributed by atoms with Gasteiger partial charge in [-0.25, -0.2) is 0 Å². The van der Waals surface area contributed by atoms with Gasteiger partial charge in [0, 0.05) is 34.8 Å². The van der Waals surface area contributed by atoms with E-state index in [0.29, 0.717) is 6.54 Å². The lowest BCUT2D eigenvalue weighted by Crippen LogP contribution is -2.00. The van der Waals surface area contributed by atoms with E-state index < -0.39 is 0 Å². The average Bonchev–Trinajstić information content (AvgIpc) is 2.90. The van der Waals surface area contributed by atoms with Gasteiger partial charge in [0.1, 0.15) is 5.75 Å². The van der Waals surface area contributed by atoms with Crippen molar-refractivity contribution in [2.75, 3.05) is 7.11 Å². The third-order valence-electron chi connectivity index (χ3n) is 3.50. The molecular weight excluding hydrogens is 268 g/mol. The van der Waals surface area contributed by atoms with Crippen molar-refractivity contribution in [1.82, 2.24) is 4.57 Å². The van der Waals surface area contributed by atoms with Crippen molar-refractivity contribution in [1.29, 1.82) is 0 Å². The molecule has 0 N–H and O–H groups in total. The molecule has 0 spiro atoms.